The van der Waals surface area contributed by atoms with Gasteiger partial charge in [0.2, 0.25) is 0 Å². The monoisotopic (exact) mass is 265 g/mol. The summed E-state index contributed by atoms with van der Waals surface area (Å²) in [6, 6.07) is 5.20. The summed E-state index contributed by atoms with van der Waals surface area (Å²) in [4.78, 5) is 21.2. The molecule has 0 bridgehead atoms. The maximum atomic E-state index is 11.3. The number of allylic oxidation sites excluding steroid dienone is 1. The van der Waals surface area contributed by atoms with E-state index in [9.17, 15) is 14.9 Å². The summed E-state index contributed by atoms with van der Waals surface area (Å²) in [5.74, 6) is 0.210. The highest BCUT2D eigenvalue weighted by molar-refractivity contribution is 5.63. The van der Waals surface area contributed by atoms with Crippen molar-refractivity contribution in [1.82, 2.24) is 0 Å². The SMILES string of the molecule is C=CCCCCOC(=O)Oc1ccc([N+](=O)[O-])cc1. The van der Waals surface area contributed by atoms with E-state index in [1.165, 1.54) is 24.3 Å². The Labute approximate surface area is 110 Å². The van der Waals surface area contributed by atoms with E-state index < -0.39 is 11.1 Å². The van der Waals surface area contributed by atoms with Crippen LogP contribution in [0.15, 0.2) is 36.9 Å². The van der Waals surface area contributed by atoms with Gasteiger partial charge < -0.3 is 9.47 Å². The fourth-order valence-corrected chi connectivity index (χ4v) is 1.31. The highest BCUT2D eigenvalue weighted by Crippen LogP contribution is 2.17. The number of rotatable bonds is 7. The molecule has 0 atom stereocenters. The van der Waals surface area contributed by atoms with Gasteiger partial charge in [-0.1, -0.05) is 6.08 Å². The molecular weight excluding hydrogens is 250 g/mol. The molecule has 6 nitrogen and oxygen atoms in total. The second-order valence-corrected chi connectivity index (χ2v) is 3.74. The lowest BCUT2D eigenvalue weighted by Crippen LogP contribution is -2.11. The van der Waals surface area contributed by atoms with Crippen LogP contribution < -0.4 is 4.74 Å². The number of non-ortho nitro benzene ring substituents is 1. The van der Waals surface area contributed by atoms with Crippen LogP contribution in [-0.4, -0.2) is 17.7 Å². The molecule has 0 heterocycles. The van der Waals surface area contributed by atoms with Crippen molar-refractivity contribution in [2.75, 3.05) is 6.61 Å². The second-order valence-electron chi connectivity index (χ2n) is 3.74. The van der Waals surface area contributed by atoms with Gasteiger partial charge in [0.05, 0.1) is 11.5 Å². The number of hydrogen-bond donors (Lipinski definition) is 0. The van der Waals surface area contributed by atoms with Crippen molar-refractivity contribution >= 4 is 11.8 Å². The number of benzene rings is 1. The van der Waals surface area contributed by atoms with Gasteiger partial charge in [-0.05, 0) is 31.4 Å². The Morgan fingerprint density at radius 3 is 2.58 bits per heavy atom. The highest BCUT2D eigenvalue weighted by Gasteiger charge is 2.08. The molecule has 0 aliphatic heterocycles. The summed E-state index contributed by atoms with van der Waals surface area (Å²) in [6.45, 7) is 3.87. The molecule has 0 saturated carbocycles. The van der Waals surface area contributed by atoms with Crippen LogP contribution in [0.4, 0.5) is 10.5 Å². The second kappa shape index (κ2) is 7.86. The van der Waals surface area contributed by atoms with Gasteiger partial charge in [0.15, 0.2) is 0 Å². The van der Waals surface area contributed by atoms with E-state index in [1.54, 1.807) is 6.08 Å². The van der Waals surface area contributed by atoms with Gasteiger partial charge >= 0.3 is 6.16 Å². The van der Waals surface area contributed by atoms with E-state index in [0.29, 0.717) is 0 Å². The molecule has 0 radical (unpaired) electrons. The van der Waals surface area contributed by atoms with E-state index in [-0.39, 0.29) is 18.0 Å². The maximum Gasteiger partial charge on any atom is 0.513 e. The average molecular weight is 265 g/mol. The number of ether oxygens (including phenoxy) is 2. The van der Waals surface area contributed by atoms with Crippen molar-refractivity contribution in [1.29, 1.82) is 0 Å². The first-order valence-corrected chi connectivity index (χ1v) is 5.83. The van der Waals surface area contributed by atoms with Gasteiger partial charge in [0.1, 0.15) is 5.75 Å². The predicted molar refractivity (Wildman–Crippen MR) is 69.1 cm³/mol. The molecule has 19 heavy (non-hydrogen) atoms. The van der Waals surface area contributed by atoms with Gasteiger partial charge in [-0.15, -0.1) is 6.58 Å². The smallest absolute Gasteiger partial charge is 0.434 e. The zero-order valence-corrected chi connectivity index (χ0v) is 10.4. The van der Waals surface area contributed by atoms with Crippen molar-refractivity contribution in [2.24, 2.45) is 0 Å². The summed E-state index contributed by atoms with van der Waals surface area (Å²) < 4.78 is 9.69. The van der Waals surface area contributed by atoms with Crippen LogP contribution in [0.1, 0.15) is 19.3 Å². The van der Waals surface area contributed by atoms with Gasteiger partial charge in [-0.2, -0.15) is 0 Å². The normalized spacial score (nSPS) is 9.68. The van der Waals surface area contributed by atoms with Crippen molar-refractivity contribution < 1.29 is 19.2 Å². The number of unbranched alkanes of at least 4 members (excludes halogenated alkanes) is 2. The summed E-state index contributed by atoms with van der Waals surface area (Å²) in [5.41, 5.74) is -0.0647. The fraction of sp³-hybridized carbons (Fsp3) is 0.308. The third kappa shape index (κ3) is 5.67. The van der Waals surface area contributed by atoms with E-state index in [0.717, 1.165) is 19.3 Å². The Kier molecular flexibility index (Phi) is 6.08. The lowest BCUT2D eigenvalue weighted by molar-refractivity contribution is -0.384. The first-order valence-electron chi connectivity index (χ1n) is 5.83. The molecule has 1 rings (SSSR count). The van der Waals surface area contributed by atoms with Crippen molar-refractivity contribution in [2.45, 2.75) is 19.3 Å². The summed E-state index contributed by atoms with van der Waals surface area (Å²) in [5, 5.41) is 10.4. The number of carbonyl (C=O) groups is 1. The Morgan fingerprint density at radius 2 is 2.00 bits per heavy atom. The van der Waals surface area contributed by atoms with Crippen LogP contribution >= 0.6 is 0 Å². The van der Waals surface area contributed by atoms with Crippen LogP contribution in [0.25, 0.3) is 0 Å². The number of hydrogen-bond acceptors (Lipinski definition) is 5. The Morgan fingerprint density at radius 1 is 1.32 bits per heavy atom. The maximum absolute atomic E-state index is 11.3. The quantitative estimate of drug-likeness (QED) is 0.188. The average Bonchev–Trinajstić information content (AvgIpc) is 2.39. The number of nitro groups is 1. The molecule has 0 N–H and O–H groups in total. The molecule has 0 saturated heterocycles. The van der Waals surface area contributed by atoms with Crippen LogP contribution in [0.3, 0.4) is 0 Å². The third-order valence-electron chi connectivity index (χ3n) is 2.27. The van der Waals surface area contributed by atoms with Gasteiger partial charge in [0, 0.05) is 12.1 Å². The first kappa shape index (κ1) is 14.7. The number of nitro benzene ring substituents is 1. The molecule has 0 amide bonds. The zero-order chi connectivity index (χ0) is 14.1. The highest BCUT2D eigenvalue weighted by atomic mass is 16.7. The fourth-order valence-electron chi connectivity index (χ4n) is 1.31. The van der Waals surface area contributed by atoms with E-state index >= 15 is 0 Å². The van der Waals surface area contributed by atoms with Crippen molar-refractivity contribution in [3.8, 4) is 5.75 Å². The molecule has 6 heteroatoms. The topological polar surface area (TPSA) is 78.7 Å². The van der Waals surface area contributed by atoms with E-state index in [2.05, 4.69) is 6.58 Å². The van der Waals surface area contributed by atoms with Crippen LogP contribution in [0, 0.1) is 10.1 Å². The minimum absolute atomic E-state index is 0.0647. The summed E-state index contributed by atoms with van der Waals surface area (Å²) >= 11 is 0. The molecule has 1 aromatic carbocycles. The number of carbonyl (C=O) groups excluding carboxylic acids is 1. The Bertz CT molecular complexity index is 441. The Balaban J connectivity index is 2.31. The van der Waals surface area contributed by atoms with Gasteiger partial charge in [-0.3, -0.25) is 10.1 Å². The molecular formula is C13H15NO5. The van der Waals surface area contributed by atoms with Gasteiger partial charge in [0.25, 0.3) is 5.69 Å². The third-order valence-corrected chi connectivity index (χ3v) is 2.27. The molecule has 0 unspecified atom stereocenters. The van der Waals surface area contributed by atoms with Gasteiger partial charge in [-0.25, -0.2) is 4.79 Å². The predicted octanol–water partition coefficient (Wildman–Crippen LogP) is 3.47. The molecule has 0 spiro atoms. The summed E-state index contributed by atoms with van der Waals surface area (Å²) in [7, 11) is 0. The summed E-state index contributed by atoms with van der Waals surface area (Å²) in [6.07, 6.45) is 3.50. The number of nitrogens with zero attached hydrogens (tertiary/aromatic N) is 1. The van der Waals surface area contributed by atoms with E-state index in [4.69, 9.17) is 9.47 Å². The van der Waals surface area contributed by atoms with Crippen molar-refractivity contribution in [3.05, 3.63) is 47.0 Å². The van der Waals surface area contributed by atoms with E-state index in [1.807, 2.05) is 0 Å². The molecule has 0 aromatic heterocycles. The van der Waals surface area contributed by atoms with Crippen molar-refractivity contribution in [3.63, 3.8) is 0 Å². The minimum Gasteiger partial charge on any atom is -0.434 e. The van der Waals surface area contributed by atoms with Crippen LogP contribution in [-0.2, 0) is 4.74 Å². The molecule has 102 valence electrons. The molecule has 1 aromatic rings. The molecule has 0 fully saturated rings. The minimum atomic E-state index is -0.813. The first-order chi connectivity index (χ1) is 9.13. The van der Waals surface area contributed by atoms with Crippen LogP contribution in [0.2, 0.25) is 0 Å². The Hall–Kier alpha value is -2.37. The van der Waals surface area contributed by atoms with Crippen LogP contribution in [0.5, 0.6) is 5.75 Å². The lowest BCUT2D eigenvalue weighted by atomic mass is 10.2. The standard InChI is InChI=1S/C13H15NO5/c1-2-3-4-5-10-18-13(15)19-12-8-6-11(7-9-12)14(16)17/h2,6-9H,1,3-5,10H2. The molecule has 0 aliphatic rings. The zero-order valence-electron chi connectivity index (χ0n) is 10.4. The molecule has 0 aliphatic carbocycles. The largest absolute Gasteiger partial charge is 0.513 e. The lowest BCUT2D eigenvalue weighted by Gasteiger charge is -2.05.